The molecular weight excluding hydrogens is 314 g/mol. The standard InChI is InChI=1S/C18H25N7/c1-3-19-18-21-13(2)12-16(23-18)25-10-8-24(9-11-25)15-6-7-20-17(22-15)14-4-5-14/h6-7,12,14H,3-5,8-11H2,1-2H3,(H,19,21,23). The summed E-state index contributed by atoms with van der Waals surface area (Å²) < 4.78 is 0. The Bertz CT molecular complexity index is 736. The SMILES string of the molecule is CCNc1nc(C)cc(N2CCN(c3ccnc(C4CC4)n3)CC2)n1. The zero-order valence-corrected chi connectivity index (χ0v) is 14.9. The van der Waals surface area contributed by atoms with Crippen LogP contribution in [0.5, 0.6) is 0 Å². The minimum Gasteiger partial charge on any atom is -0.354 e. The monoisotopic (exact) mass is 339 g/mol. The maximum Gasteiger partial charge on any atom is 0.224 e. The van der Waals surface area contributed by atoms with Crippen molar-refractivity contribution in [3.63, 3.8) is 0 Å². The lowest BCUT2D eigenvalue weighted by Crippen LogP contribution is -2.47. The van der Waals surface area contributed by atoms with Gasteiger partial charge in [0.25, 0.3) is 0 Å². The van der Waals surface area contributed by atoms with Crippen molar-refractivity contribution >= 4 is 17.6 Å². The number of nitrogens with one attached hydrogen (secondary N) is 1. The number of hydrogen-bond donors (Lipinski definition) is 1. The quantitative estimate of drug-likeness (QED) is 0.895. The van der Waals surface area contributed by atoms with E-state index < -0.39 is 0 Å². The number of hydrogen-bond acceptors (Lipinski definition) is 7. The average molecular weight is 339 g/mol. The van der Waals surface area contributed by atoms with Crippen LogP contribution < -0.4 is 15.1 Å². The van der Waals surface area contributed by atoms with Gasteiger partial charge in [-0.3, -0.25) is 0 Å². The van der Waals surface area contributed by atoms with Gasteiger partial charge in [-0.2, -0.15) is 4.98 Å². The molecule has 0 radical (unpaired) electrons. The molecule has 25 heavy (non-hydrogen) atoms. The highest BCUT2D eigenvalue weighted by atomic mass is 15.3. The molecule has 1 saturated carbocycles. The van der Waals surface area contributed by atoms with Gasteiger partial charge in [0.15, 0.2) is 0 Å². The number of aryl methyl sites for hydroxylation is 1. The van der Waals surface area contributed by atoms with Crippen molar-refractivity contribution < 1.29 is 0 Å². The molecule has 0 atom stereocenters. The normalized spacial score (nSPS) is 17.7. The fraction of sp³-hybridized carbons (Fsp3) is 0.556. The van der Waals surface area contributed by atoms with Gasteiger partial charge in [-0.25, -0.2) is 15.0 Å². The van der Waals surface area contributed by atoms with Crippen molar-refractivity contribution in [1.82, 2.24) is 19.9 Å². The van der Waals surface area contributed by atoms with Crippen LogP contribution in [-0.4, -0.2) is 52.7 Å². The summed E-state index contributed by atoms with van der Waals surface area (Å²) in [6.07, 6.45) is 4.37. The van der Waals surface area contributed by atoms with Crippen molar-refractivity contribution in [1.29, 1.82) is 0 Å². The van der Waals surface area contributed by atoms with Gasteiger partial charge in [-0.1, -0.05) is 0 Å². The van der Waals surface area contributed by atoms with E-state index in [-0.39, 0.29) is 0 Å². The summed E-state index contributed by atoms with van der Waals surface area (Å²) in [5, 5.41) is 3.21. The lowest BCUT2D eigenvalue weighted by Gasteiger charge is -2.36. The van der Waals surface area contributed by atoms with E-state index in [4.69, 9.17) is 4.98 Å². The fourth-order valence-corrected chi connectivity index (χ4v) is 3.19. The van der Waals surface area contributed by atoms with Crippen LogP contribution >= 0.6 is 0 Å². The molecule has 7 nitrogen and oxygen atoms in total. The van der Waals surface area contributed by atoms with Gasteiger partial charge in [0.05, 0.1) is 0 Å². The Morgan fingerprint density at radius 2 is 1.76 bits per heavy atom. The molecule has 2 aromatic rings. The lowest BCUT2D eigenvalue weighted by molar-refractivity contribution is 0.638. The maximum atomic E-state index is 4.77. The third-order valence-electron chi connectivity index (χ3n) is 4.71. The first kappa shape index (κ1) is 16.1. The Kier molecular flexibility index (Phi) is 4.38. The number of piperazine rings is 1. The van der Waals surface area contributed by atoms with Gasteiger partial charge in [-0.15, -0.1) is 0 Å². The van der Waals surface area contributed by atoms with E-state index in [9.17, 15) is 0 Å². The average Bonchev–Trinajstić information content (AvgIpc) is 3.47. The van der Waals surface area contributed by atoms with Crippen molar-refractivity contribution in [2.24, 2.45) is 0 Å². The predicted octanol–water partition coefficient (Wildman–Crippen LogP) is 2.21. The van der Waals surface area contributed by atoms with E-state index in [0.29, 0.717) is 11.9 Å². The van der Waals surface area contributed by atoms with Crippen LogP contribution in [-0.2, 0) is 0 Å². The van der Waals surface area contributed by atoms with Crippen LogP contribution in [0, 0.1) is 6.92 Å². The summed E-state index contributed by atoms with van der Waals surface area (Å²) in [7, 11) is 0. The Labute approximate surface area is 148 Å². The summed E-state index contributed by atoms with van der Waals surface area (Å²) in [6.45, 7) is 8.66. The van der Waals surface area contributed by atoms with Crippen LogP contribution in [0.2, 0.25) is 0 Å². The largest absolute Gasteiger partial charge is 0.354 e. The molecule has 2 aliphatic rings. The summed E-state index contributed by atoms with van der Waals surface area (Å²) >= 11 is 0. The van der Waals surface area contributed by atoms with E-state index >= 15 is 0 Å². The predicted molar refractivity (Wildman–Crippen MR) is 99.4 cm³/mol. The smallest absolute Gasteiger partial charge is 0.224 e. The molecule has 0 spiro atoms. The van der Waals surface area contributed by atoms with Gasteiger partial charge in [0, 0.05) is 56.6 Å². The molecule has 132 valence electrons. The number of nitrogens with zero attached hydrogens (tertiary/aromatic N) is 6. The first-order chi connectivity index (χ1) is 12.2. The molecule has 2 aromatic heterocycles. The fourth-order valence-electron chi connectivity index (χ4n) is 3.19. The second kappa shape index (κ2) is 6.82. The maximum absolute atomic E-state index is 4.77. The number of anilines is 3. The van der Waals surface area contributed by atoms with Gasteiger partial charge >= 0.3 is 0 Å². The van der Waals surface area contributed by atoms with Crippen LogP contribution in [0.3, 0.4) is 0 Å². The van der Waals surface area contributed by atoms with Crippen molar-refractivity contribution in [3.8, 4) is 0 Å². The third kappa shape index (κ3) is 3.65. The number of aromatic nitrogens is 4. The highest BCUT2D eigenvalue weighted by Crippen LogP contribution is 2.38. The van der Waals surface area contributed by atoms with E-state index in [1.54, 1.807) is 0 Å². The number of rotatable bonds is 5. The molecule has 0 aromatic carbocycles. The summed E-state index contributed by atoms with van der Waals surface area (Å²) in [4.78, 5) is 23.0. The molecular formula is C18H25N7. The topological polar surface area (TPSA) is 70.1 Å². The van der Waals surface area contributed by atoms with Crippen molar-refractivity contribution in [2.75, 3.05) is 47.8 Å². The highest BCUT2D eigenvalue weighted by molar-refractivity contribution is 5.48. The van der Waals surface area contributed by atoms with Crippen LogP contribution in [0.25, 0.3) is 0 Å². The Morgan fingerprint density at radius 1 is 1.04 bits per heavy atom. The first-order valence-corrected chi connectivity index (χ1v) is 9.15. The molecule has 0 unspecified atom stereocenters. The van der Waals surface area contributed by atoms with E-state index in [1.165, 1.54) is 12.8 Å². The van der Waals surface area contributed by atoms with E-state index in [2.05, 4.69) is 43.1 Å². The zero-order valence-electron chi connectivity index (χ0n) is 14.9. The Balaban J connectivity index is 1.43. The molecule has 2 fully saturated rings. The third-order valence-corrected chi connectivity index (χ3v) is 4.71. The second-order valence-corrected chi connectivity index (χ2v) is 6.74. The van der Waals surface area contributed by atoms with Crippen LogP contribution in [0.1, 0.15) is 37.2 Å². The minimum atomic E-state index is 0.592. The first-order valence-electron chi connectivity index (χ1n) is 9.15. The Morgan fingerprint density at radius 3 is 2.44 bits per heavy atom. The van der Waals surface area contributed by atoms with Crippen molar-refractivity contribution in [3.05, 3.63) is 29.8 Å². The van der Waals surface area contributed by atoms with Crippen LogP contribution in [0.4, 0.5) is 17.6 Å². The summed E-state index contributed by atoms with van der Waals surface area (Å²) in [6, 6.07) is 4.09. The molecule has 4 rings (SSSR count). The van der Waals surface area contributed by atoms with Gasteiger partial charge in [0.2, 0.25) is 5.95 Å². The van der Waals surface area contributed by atoms with Gasteiger partial charge in [0.1, 0.15) is 17.5 Å². The summed E-state index contributed by atoms with van der Waals surface area (Å²) in [5.41, 5.74) is 0.994. The van der Waals surface area contributed by atoms with Crippen LogP contribution in [0.15, 0.2) is 18.3 Å². The molecule has 1 saturated heterocycles. The van der Waals surface area contributed by atoms with Crippen molar-refractivity contribution in [2.45, 2.75) is 32.6 Å². The van der Waals surface area contributed by atoms with E-state index in [0.717, 1.165) is 55.9 Å². The lowest BCUT2D eigenvalue weighted by atomic mass is 10.3. The molecule has 0 bridgehead atoms. The molecule has 1 aliphatic carbocycles. The van der Waals surface area contributed by atoms with Gasteiger partial charge < -0.3 is 15.1 Å². The molecule has 1 N–H and O–H groups in total. The highest BCUT2D eigenvalue weighted by Gasteiger charge is 2.27. The molecule has 3 heterocycles. The van der Waals surface area contributed by atoms with E-state index in [1.807, 2.05) is 19.2 Å². The molecule has 1 aliphatic heterocycles. The van der Waals surface area contributed by atoms with Gasteiger partial charge in [-0.05, 0) is 32.8 Å². The molecule has 0 amide bonds. The second-order valence-electron chi connectivity index (χ2n) is 6.74. The minimum absolute atomic E-state index is 0.592. The zero-order chi connectivity index (χ0) is 17.2. The molecule has 7 heteroatoms. The summed E-state index contributed by atoms with van der Waals surface area (Å²) in [5.74, 6) is 4.38. The Hall–Kier alpha value is -2.44.